The van der Waals surface area contributed by atoms with E-state index < -0.39 is 18.8 Å². The topological polar surface area (TPSA) is 85.8 Å². The lowest BCUT2D eigenvalue weighted by Crippen LogP contribution is -2.33. The van der Waals surface area contributed by atoms with Crippen LogP contribution in [0.4, 0.5) is 0 Å². The highest BCUT2D eigenvalue weighted by molar-refractivity contribution is 4.83. The van der Waals surface area contributed by atoms with Gasteiger partial charge in [-0.3, -0.25) is 0 Å². The fourth-order valence-electron chi connectivity index (χ4n) is 0.705. The molecular formula is C8H16O5. The van der Waals surface area contributed by atoms with E-state index in [0.717, 1.165) is 6.61 Å². The van der Waals surface area contributed by atoms with Crippen LogP contribution in [0.15, 0.2) is 0 Å². The van der Waals surface area contributed by atoms with E-state index in [0.29, 0.717) is 12.7 Å². The number of hydrogen-bond donors (Lipinski definition) is 3. The van der Waals surface area contributed by atoms with Gasteiger partial charge in [0.05, 0.1) is 25.9 Å². The van der Waals surface area contributed by atoms with Crippen LogP contribution in [0, 0.1) is 0 Å². The van der Waals surface area contributed by atoms with Crippen molar-refractivity contribution in [1.29, 1.82) is 0 Å². The van der Waals surface area contributed by atoms with Crippen LogP contribution in [0.25, 0.3) is 0 Å². The Labute approximate surface area is 76.9 Å². The summed E-state index contributed by atoms with van der Waals surface area (Å²) in [4.78, 5) is 0. The summed E-state index contributed by atoms with van der Waals surface area (Å²) in [5, 5.41) is 26.0. The molecule has 2 fully saturated rings. The van der Waals surface area contributed by atoms with Crippen molar-refractivity contribution in [2.24, 2.45) is 0 Å². The van der Waals surface area contributed by atoms with Gasteiger partial charge in [-0.25, -0.2) is 0 Å². The maximum atomic E-state index is 8.92. The van der Waals surface area contributed by atoms with Crippen molar-refractivity contribution in [3.8, 4) is 0 Å². The molecule has 0 aromatic rings. The predicted octanol–water partition coefficient (Wildman–Crippen LogP) is -1.50. The molecule has 2 aliphatic rings. The van der Waals surface area contributed by atoms with Gasteiger partial charge in [0.2, 0.25) is 0 Å². The molecule has 78 valence electrons. The summed E-state index contributed by atoms with van der Waals surface area (Å²) in [6.45, 7) is 3.11. The minimum atomic E-state index is -1.06. The quantitative estimate of drug-likeness (QED) is 0.474. The zero-order chi connectivity index (χ0) is 9.84. The Morgan fingerprint density at radius 2 is 1.77 bits per heavy atom. The molecule has 4 unspecified atom stereocenters. The molecule has 0 spiro atoms. The lowest BCUT2D eigenvalue weighted by Gasteiger charge is -2.11. The van der Waals surface area contributed by atoms with Gasteiger partial charge in [-0.15, -0.1) is 0 Å². The number of aliphatic hydroxyl groups is 3. The summed E-state index contributed by atoms with van der Waals surface area (Å²) >= 11 is 0. The second kappa shape index (κ2) is 4.88. The van der Waals surface area contributed by atoms with E-state index in [4.69, 9.17) is 20.1 Å². The number of hydrogen-bond acceptors (Lipinski definition) is 5. The van der Waals surface area contributed by atoms with Crippen LogP contribution in [0.2, 0.25) is 0 Å². The smallest absolute Gasteiger partial charge is 0.110 e. The Kier molecular flexibility index (Phi) is 4.08. The zero-order valence-corrected chi connectivity index (χ0v) is 7.59. The molecule has 0 aromatic heterocycles. The van der Waals surface area contributed by atoms with E-state index in [1.807, 2.05) is 0 Å². The van der Waals surface area contributed by atoms with Crippen molar-refractivity contribution in [3.05, 3.63) is 0 Å². The van der Waals surface area contributed by atoms with Crippen LogP contribution in [-0.2, 0) is 9.47 Å². The van der Waals surface area contributed by atoms with Crippen LogP contribution in [0.5, 0.6) is 0 Å². The first-order chi connectivity index (χ1) is 6.15. The van der Waals surface area contributed by atoms with Crippen LogP contribution < -0.4 is 0 Å². The fraction of sp³-hybridized carbons (Fsp3) is 1.00. The molecular weight excluding hydrogens is 176 g/mol. The van der Waals surface area contributed by atoms with Crippen molar-refractivity contribution in [2.45, 2.75) is 31.3 Å². The molecule has 0 bridgehead atoms. The Hall–Kier alpha value is -0.200. The Morgan fingerprint density at radius 3 is 2.00 bits per heavy atom. The van der Waals surface area contributed by atoms with Crippen molar-refractivity contribution in [2.75, 3.05) is 19.8 Å². The number of rotatable bonds is 3. The minimum Gasteiger partial charge on any atom is -0.394 e. The molecule has 4 atom stereocenters. The number of ether oxygens (including phenoxy) is 2. The maximum absolute atomic E-state index is 8.92. The summed E-state index contributed by atoms with van der Waals surface area (Å²) in [5.41, 5.74) is 0. The third-order valence-electron chi connectivity index (χ3n) is 1.82. The van der Waals surface area contributed by atoms with Gasteiger partial charge in [0, 0.05) is 0 Å². The molecule has 2 heterocycles. The van der Waals surface area contributed by atoms with Crippen molar-refractivity contribution >= 4 is 0 Å². The highest BCUT2D eigenvalue weighted by Gasteiger charge is 2.35. The molecule has 0 aliphatic carbocycles. The van der Waals surface area contributed by atoms with E-state index in [-0.39, 0.29) is 6.10 Å². The molecule has 2 rings (SSSR count). The molecule has 5 heteroatoms. The van der Waals surface area contributed by atoms with Gasteiger partial charge >= 0.3 is 0 Å². The van der Waals surface area contributed by atoms with Gasteiger partial charge in [0.15, 0.2) is 0 Å². The second-order valence-corrected chi connectivity index (χ2v) is 3.26. The first-order valence-corrected chi connectivity index (χ1v) is 4.35. The standard InChI is InChI=1S/C5H10O4.C3H6O/c6-1-3(7)5(8)4-2-9-4;1-3-2-4-3/h3-8H,1-2H2;3H,2H2,1H3. The van der Waals surface area contributed by atoms with Crippen LogP contribution in [-0.4, -0.2) is 59.6 Å². The van der Waals surface area contributed by atoms with E-state index in [1.165, 1.54) is 0 Å². The van der Waals surface area contributed by atoms with Gasteiger partial charge in [-0.1, -0.05) is 0 Å². The molecule has 0 saturated carbocycles. The van der Waals surface area contributed by atoms with Gasteiger partial charge in [-0.05, 0) is 6.92 Å². The third kappa shape index (κ3) is 4.54. The fourth-order valence-corrected chi connectivity index (χ4v) is 0.705. The van der Waals surface area contributed by atoms with E-state index in [1.54, 1.807) is 0 Å². The summed E-state index contributed by atoms with van der Waals surface area (Å²) in [6.07, 6.45) is -1.65. The summed E-state index contributed by atoms with van der Waals surface area (Å²) in [6, 6.07) is 0. The molecule has 0 amide bonds. The molecule has 0 aromatic carbocycles. The largest absolute Gasteiger partial charge is 0.394 e. The molecule has 2 aliphatic heterocycles. The highest BCUT2D eigenvalue weighted by Crippen LogP contribution is 2.16. The molecule has 5 nitrogen and oxygen atoms in total. The van der Waals surface area contributed by atoms with Crippen LogP contribution in [0.3, 0.4) is 0 Å². The maximum Gasteiger partial charge on any atom is 0.110 e. The lowest BCUT2D eigenvalue weighted by molar-refractivity contribution is -0.0262. The normalized spacial score (nSPS) is 34.2. The molecule has 3 N–H and O–H groups in total. The Bertz CT molecular complexity index is 143. The van der Waals surface area contributed by atoms with E-state index >= 15 is 0 Å². The van der Waals surface area contributed by atoms with E-state index in [2.05, 4.69) is 11.7 Å². The van der Waals surface area contributed by atoms with Gasteiger partial charge in [0.25, 0.3) is 0 Å². The number of aliphatic hydroxyl groups excluding tert-OH is 3. The second-order valence-electron chi connectivity index (χ2n) is 3.26. The van der Waals surface area contributed by atoms with Crippen molar-refractivity contribution < 1.29 is 24.8 Å². The third-order valence-corrected chi connectivity index (χ3v) is 1.82. The molecule has 13 heavy (non-hydrogen) atoms. The van der Waals surface area contributed by atoms with Gasteiger partial charge in [0.1, 0.15) is 18.3 Å². The monoisotopic (exact) mass is 192 g/mol. The van der Waals surface area contributed by atoms with Crippen molar-refractivity contribution in [3.63, 3.8) is 0 Å². The molecule has 2 saturated heterocycles. The number of epoxide rings is 2. The van der Waals surface area contributed by atoms with Crippen LogP contribution >= 0.6 is 0 Å². The predicted molar refractivity (Wildman–Crippen MR) is 44.3 cm³/mol. The Morgan fingerprint density at radius 1 is 1.31 bits per heavy atom. The molecule has 0 radical (unpaired) electrons. The lowest BCUT2D eigenvalue weighted by atomic mass is 10.2. The average Bonchev–Trinajstić information content (AvgIpc) is 2.95. The van der Waals surface area contributed by atoms with Gasteiger partial charge in [-0.2, -0.15) is 0 Å². The summed E-state index contributed by atoms with van der Waals surface area (Å²) < 4.78 is 9.38. The van der Waals surface area contributed by atoms with Crippen molar-refractivity contribution in [1.82, 2.24) is 0 Å². The first kappa shape index (κ1) is 10.9. The van der Waals surface area contributed by atoms with Crippen LogP contribution in [0.1, 0.15) is 6.92 Å². The highest BCUT2D eigenvalue weighted by atomic mass is 16.6. The summed E-state index contributed by atoms with van der Waals surface area (Å²) in [5.74, 6) is 0. The minimum absolute atomic E-state index is 0.257. The zero-order valence-electron chi connectivity index (χ0n) is 7.59. The Balaban J connectivity index is 0.000000175. The summed E-state index contributed by atoms with van der Waals surface area (Å²) in [7, 11) is 0. The SMILES string of the molecule is CC1CO1.OCC(O)C(O)C1CO1. The van der Waals surface area contributed by atoms with E-state index in [9.17, 15) is 0 Å². The first-order valence-electron chi connectivity index (χ1n) is 4.35. The average molecular weight is 192 g/mol. The van der Waals surface area contributed by atoms with Gasteiger partial charge < -0.3 is 24.8 Å².